The van der Waals surface area contributed by atoms with Crippen molar-refractivity contribution in [3.63, 3.8) is 0 Å². The zero-order chi connectivity index (χ0) is 17.7. The van der Waals surface area contributed by atoms with E-state index in [9.17, 15) is 9.59 Å². The van der Waals surface area contributed by atoms with Crippen LogP contribution in [0.2, 0.25) is 0 Å². The van der Waals surface area contributed by atoms with Crippen molar-refractivity contribution in [3.8, 4) is 0 Å². The van der Waals surface area contributed by atoms with E-state index in [-0.39, 0.29) is 23.5 Å². The maximum absolute atomic E-state index is 12.5. The Kier molecular flexibility index (Phi) is 5.44. The van der Waals surface area contributed by atoms with E-state index >= 15 is 0 Å². The molecular formula is C19H23NO4. The molecule has 1 aromatic heterocycles. The van der Waals surface area contributed by atoms with Gasteiger partial charge in [-0.05, 0) is 24.3 Å². The third-order valence-corrected chi connectivity index (χ3v) is 3.84. The smallest absolute Gasteiger partial charge is 0.311 e. The Morgan fingerprint density at radius 2 is 1.88 bits per heavy atom. The summed E-state index contributed by atoms with van der Waals surface area (Å²) >= 11 is 0. The van der Waals surface area contributed by atoms with Crippen molar-refractivity contribution >= 4 is 11.9 Å². The van der Waals surface area contributed by atoms with Gasteiger partial charge in [-0.25, -0.2) is 0 Å². The second-order valence-corrected chi connectivity index (χ2v) is 6.80. The summed E-state index contributed by atoms with van der Waals surface area (Å²) in [5.41, 5.74) is 2.06. The molecule has 1 aromatic carbocycles. The van der Waals surface area contributed by atoms with Gasteiger partial charge in [0, 0.05) is 12.1 Å². The summed E-state index contributed by atoms with van der Waals surface area (Å²) in [5.74, 6) is -1.13. The fraction of sp³-hybridized carbons (Fsp3) is 0.368. The van der Waals surface area contributed by atoms with E-state index in [1.807, 2.05) is 18.2 Å². The minimum atomic E-state index is -1.03. The number of carboxylic acid groups (broad SMARTS) is 1. The molecule has 0 atom stereocenters. The maximum atomic E-state index is 12.5. The fourth-order valence-corrected chi connectivity index (χ4v) is 2.69. The number of hydrogen-bond acceptors (Lipinski definition) is 3. The molecule has 1 amide bonds. The summed E-state index contributed by atoms with van der Waals surface area (Å²) < 4.78 is 5.21. The Morgan fingerprint density at radius 1 is 1.21 bits per heavy atom. The van der Waals surface area contributed by atoms with Gasteiger partial charge in [0.05, 0.1) is 11.8 Å². The van der Waals surface area contributed by atoms with Gasteiger partial charge >= 0.3 is 5.97 Å². The molecule has 0 bridgehead atoms. The average Bonchev–Trinajstić information content (AvgIpc) is 2.85. The van der Waals surface area contributed by atoms with Gasteiger partial charge in [0.2, 0.25) is 0 Å². The van der Waals surface area contributed by atoms with Crippen LogP contribution < -0.4 is 5.32 Å². The highest BCUT2D eigenvalue weighted by molar-refractivity contribution is 5.97. The quantitative estimate of drug-likeness (QED) is 0.817. The molecule has 0 saturated carbocycles. The molecule has 0 spiro atoms. The molecule has 0 aliphatic carbocycles. The molecule has 2 aromatic rings. The number of amides is 1. The number of carbonyl (C=O) groups excluding carboxylic acids is 1. The highest BCUT2D eigenvalue weighted by atomic mass is 16.4. The maximum Gasteiger partial charge on any atom is 0.311 e. The highest BCUT2D eigenvalue weighted by Gasteiger charge is 2.24. The first-order valence-electron chi connectivity index (χ1n) is 7.89. The number of rotatable bonds is 7. The van der Waals surface area contributed by atoms with Crippen molar-refractivity contribution in [2.75, 3.05) is 6.54 Å². The van der Waals surface area contributed by atoms with Crippen molar-refractivity contribution in [2.24, 2.45) is 5.41 Å². The zero-order valence-electron chi connectivity index (χ0n) is 14.3. The molecule has 2 N–H and O–H groups in total. The fourth-order valence-electron chi connectivity index (χ4n) is 2.69. The minimum Gasteiger partial charge on any atom is -0.481 e. The molecule has 128 valence electrons. The van der Waals surface area contributed by atoms with Crippen LogP contribution in [0.1, 0.15) is 41.1 Å². The predicted molar refractivity (Wildman–Crippen MR) is 91.0 cm³/mol. The number of carboxylic acids is 1. The molecule has 0 aliphatic rings. The van der Waals surface area contributed by atoms with Crippen LogP contribution in [0.3, 0.4) is 0 Å². The van der Waals surface area contributed by atoms with Crippen molar-refractivity contribution < 1.29 is 19.1 Å². The normalized spacial score (nSPS) is 11.3. The van der Waals surface area contributed by atoms with E-state index in [1.165, 1.54) is 11.8 Å². The first kappa shape index (κ1) is 17.8. The van der Waals surface area contributed by atoms with Crippen LogP contribution in [0.25, 0.3) is 0 Å². The number of aliphatic carboxylic acids is 1. The van der Waals surface area contributed by atoms with Crippen molar-refractivity contribution in [3.05, 3.63) is 59.0 Å². The summed E-state index contributed by atoms with van der Waals surface area (Å²) in [6, 6.07) is 10.1. The van der Waals surface area contributed by atoms with Gasteiger partial charge < -0.3 is 14.8 Å². The summed E-state index contributed by atoms with van der Waals surface area (Å²) in [7, 11) is 0. The van der Waals surface area contributed by atoms with Gasteiger partial charge in [0.1, 0.15) is 12.2 Å². The Hall–Kier alpha value is -2.56. The lowest BCUT2D eigenvalue weighted by molar-refractivity contribution is -0.136. The first-order chi connectivity index (χ1) is 11.3. The third kappa shape index (κ3) is 4.72. The van der Waals surface area contributed by atoms with E-state index in [1.54, 1.807) is 6.92 Å². The Balaban J connectivity index is 2.02. The monoisotopic (exact) mass is 329 g/mol. The van der Waals surface area contributed by atoms with E-state index in [0.717, 1.165) is 6.42 Å². The first-order valence-corrected chi connectivity index (χ1v) is 7.89. The standard InChI is InChI=1S/C19H23NO4/c1-13-11-24-15(9-16(21)22)17(13)18(23)20-12-19(2,3)10-14-7-5-4-6-8-14/h4-8,11H,9-10,12H2,1-3H3,(H,20,23)(H,21,22). The lowest BCUT2D eigenvalue weighted by atomic mass is 9.85. The summed E-state index contributed by atoms with van der Waals surface area (Å²) in [6.07, 6.45) is 1.95. The molecular weight excluding hydrogens is 306 g/mol. The number of aryl methyl sites for hydroxylation is 1. The van der Waals surface area contributed by atoms with Crippen LogP contribution >= 0.6 is 0 Å². The molecule has 2 rings (SSSR count). The Bertz CT molecular complexity index is 716. The van der Waals surface area contributed by atoms with E-state index in [0.29, 0.717) is 17.7 Å². The molecule has 0 unspecified atom stereocenters. The minimum absolute atomic E-state index is 0.123. The zero-order valence-corrected chi connectivity index (χ0v) is 14.3. The van der Waals surface area contributed by atoms with E-state index in [2.05, 4.69) is 31.3 Å². The second-order valence-electron chi connectivity index (χ2n) is 6.80. The molecule has 0 radical (unpaired) electrons. The van der Waals surface area contributed by atoms with Gasteiger partial charge in [-0.2, -0.15) is 0 Å². The lowest BCUT2D eigenvalue weighted by Crippen LogP contribution is -2.35. The van der Waals surface area contributed by atoms with Crippen LogP contribution in [0, 0.1) is 12.3 Å². The van der Waals surface area contributed by atoms with Gasteiger partial charge in [-0.3, -0.25) is 9.59 Å². The lowest BCUT2D eigenvalue weighted by Gasteiger charge is -2.25. The van der Waals surface area contributed by atoms with Gasteiger partial charge in [-0.1, -0.05) is 44.2 Å². The van der Waals surface area contributed by atoms with Crippen LogP contribution in [-0.2, 0) is 17.6 Å². The SMILES string of the molecule is Cc1coc(CC(=O)O)c1C(=O)NCC(C)(C)Cc1ccccc1. The Labute approximate surface area is 141 Å². The number of benzene rings is 1. The summed E-state index contributed by atoms with van der Waals surface area (Å²) in [6.45, 7) is 6.39. The van der Waals surface area contributed by atoms with Crippen LogP contribution in [0.5, 0.6) is 0 Å². The number of carbonyl (C=O) groups is 2. The van der Waals surface area contributed by atoms with E-state index in [4.69, 9.17) is 9.52 Å². The molecule has 0 aliphatic heterocycles. The highest BCUT2D eigenvalue weighted by Crippen LogP contribution is 2.22. The molecule has 0 fully saturated rings. The second kappa shape index (κ2) is 7.34. The van der Waals surface area contributed by atoms with Gasteiger partial charge in [0.25, 0.3) is 5.91 Å². The summed E-state index contributed by atoms with van der Waals surface area (Å²) in [4.78, 5) is 23.3. The van der Waals surface area contributed by atoms with Crippen molar-refractivity contribution in [2.45, 2.75) is 33.6 Å². The third-order valence-electron chi connectivity index (χ3n) is 3.84. The average molecular weight is 329 g/mol. The van der Waals surface area contributed by atoms with Crippen LogP contribution in [-0.4, -0.2) is 23.5 Å². The summed E-state index contributed by atoms with van der Waals surface area (Å²) in [5, 5.41) is 11.8. The largest absolute Gasteiger partial charge is 0.481 e. The molecule has 5 nitrogen and oxygen atoms in total. The molecule has 5 heteroatoms. The van der Waals surface area contributed by atoms with Crippen molar-refractivity contribution in [1.29, 1.82) is 0 Å². The number of hydrogen-bond donors (Lipinski definition) is 2. The van der Waals surface area contributed by atoms with Gasteiger partial charge in [-0.15, -0.1) is 0 Å². The number of nitrogens with one attached hydrogen (secondary N) is 1. The molecule has 1 heterocycles. The molecule has 0 saturated heterocycles. The molecule has 24 heavy (non-hydrogen) atoms. The van der Waals surface area contributed by atoms with Gasteiger partial charge in [0.15, 0.2) is 0 Å². The van der Waals surface area contributed by atoms with E-state index < -0.39 is 5.97 Å². The van der Waals surface area contributed by atoms with Crippen molar-refractivity contribution in [1.82, 2.24) is 5.32 Å². The van der Waals surface area contributed by atoms with Crippen LogP contribution in [0.15, 0.2) is 41.0 Å². The number of furan rings is 1. The Morgan fingerprint density at radius 3 is 2.50 bits per heavy atom. The van der Waals surface area contributed by atoms with Crippen LogP contribution in [0.4, 0.5) is 0 Å². The topological polar surface area (TPSA) is 79.5 Å². The predicted octanol–water partition coefficient (Wildman–Crippen LogP) is 3.21.